The van der Waals surface area contributed by atoms with Crippen LogP contribution in [0.3, 0.4) is 0 Å². The average Bonchev–Trinajstić information content (AvgIpc) is 3.06. The van der Waals surface area contributed by atoms with Crippen molar-refractivity contribution in [1.29, 1.82) is 0 Å². The molecule has 22 heavy (non-hydrogen) atoms. The molecule has 0 unspecified atom stereocenters. The van der Waals surface area contributed by atoms with Gasteiger partial charge in [0.15, 0.2) is 5.78 Å². The molecule has 1 fully saturated rings. The van der Waals surface area contributed by atoms with Gasteiger partial charge in [0.05, 0.1) is 13.1 Å². The van der Waals surface area contributed by atoms with Gasteiger partial charge >= 0.3 is 0 Å². The van der Waals surface area contributed by atoms with Crippen LogP contribution in [-0.4, -0.2) is 30.7 Å². The van der Waals surface area contributed by atoms with Crippen molar-refractivity contribution in [2.45, 2.75) is 19.1 Å². The van der Waals surface area contributed by atoms with E-state index in [1.807, 2.05) is 0 Å². The first-order valence-electron chi connectivity index (χ1n) is 14.3. The Bertz CT molecular complexity index is 1430. The number of likely N-dealkylation sites (tertiary alicyclic amines) is 1. The van der Waals surface area contributed by atoms with Gasteiger partial charge in [-0.15, -0.1) is 11.3 Å². The van der Waals surface area contributed by atoms with E-state index in [1.165, 1.54) is 0 Å². The summed E-state index contributed by atoms with van der Waals surface area (Å²) in [7, 11) is 0.820. The lowest BCUT2D eigenvalue weighted by Crippen LogP contribution is -2.27. The average molecular weight is 326 g/mol. The highest BCUT2D eigenvalue weighted by Gasteiger charge is 2.27. The van der Waals surface area contributed by atoms with E-state index in [4.69, 9.17) is 21.9 Å². The predicted octanol–water partition coefficient (Wildman–Crippen LogP) is 4.01. The van der Waals surface area contributed by atoms with Gasteiger partial charge in [0.25, 0.3) is 0 Å². The van der Waals surface area contributed by atoms with Crippen molar-refractivity contribution in [2.24, 2.45) is 0 Å². The summed E-state index contributed by atoms with van der Waals surface area (Å²) in [6, 6.07) is -4.80. The lowest BCUT2D eigenvalue weighted by molar-refractivity contribution is 0.0997. The van der Waals surface area contributed by atoms with Crippen LogP contribution in [0.25, 0.3) is 5.57 Å². The Labute approximate surface area is 157 Å². The molecular formula is C19H19NOS. The summed E-state index contributed by atoms with van der Waals surface area (Å²) in [5.41, 5.74) is -4.89. The highest BCUT2D eigenvalue weighted by molar-refractivity contribution is 7.12. The van der Waals surface area contributed by atoms with E-state index in [9.17, 15) is 4.79 Å². The van der Waals surface area contributed by atoms with Crippen molar-refractivity contribution in [3.05, 3.63) is 62.7 Å². The van der Waals surface area contributed by atoms with Gasteiger partial charge in [0, 0.05) is 38.6 Å². The molecule has 2 aromatic rings. The first-order valence-corrected chi connectivity index (χ1v) is 7.07. The van der Waals surface area contributed by atoms with Crippen molar-refractivity contribution in [2.75, 3.05) is 20.0 Å². The molecule has 0 saturated carbocycles. The summed E-state index contributed by atoms with van der Waals surface area (Å²) in [5.74, 6) is -1.42. The minimum Gasteiger partial charge on any atom is -0.306 e. The van der Waals surface area contributed by atoms with Crippen LogP contribution in [0.1, 0.15) is 61.0 Å². The molecule has 3 heteroatoms. The van der Waals surface area contributed by atoms with E-state index < -0.39 is 106 Å². The van der Waals surface area contributed by atoms with Gasteiger partial charge in [-0.2, -0.15) is 0 Å². The number of Topliss-reactive ketones (excluding diaryl/α,β-unsaturated/α-hetero) is 1. The number of nitrogens with zero attached hydrogens (tertiary/aromatic N) is 1. The third-order valence-electron chi connectivity index (χ3n) is 3.14. The molecule has 0 amide bonds. The van der Waals surface area contributed by atoms with E-state index in [2.05, 4.69) is 0 Å². The largest absolute Gasteiger partial charge is 0.306 e. The molecule has 1 aliphatic carbocycles. The Hall–Kier alpha value is -1.71. The number of fused-ring (bicyclic) bond motifs is 2. The Morgan fingerprint density at radius 3 is 2.77 bits per heavy atom. The molecule has 0 radical (unpaired) electrons. The highest BCUT2D eigenvalue weighted by Crippen LogP contribution is 2.40. The second-order valence-corrected chi connectivity index (χ2v) is 5.34. The van der Waals surface area contributed by atoms with Crippen LogP contribution in [0.15, 0.2) is 41.1 Å². The third-order valence-corrected chi connectivity index (χ3v) is 3.93. The van der Waals surface area contributed by atoms with Gasteiger partial charge in [-0.1, -0.05) is 29.7 Å². The lowest BCUT2D eigenvalue weighted by atomic mass is 9.88. The molecule has 1 aromatic carbocycles. The Morgan fingerprint density at radius 2 is 1.95 bits per heavy atom. The van der Waals surface area contributed by atoms with E-state index in [0.717, 1.165) is 7.05 Å². The fourth-order valence-electron chi connectivity index (χ4n) is 2.17. The maximum atomic E-state index is 13.5. The van der Waals surface area contributed by atoms with E-state index in [-0.39, 0.29) is 4.90 Å². The van der Waals surface area contributed by atoms with Crippen molar-refractivity contribution in [3.63, 3.8) is 0 Å². The van der Waals surface area contributed by atoms with Crippen molar-refractivity contribution >= 4 is 22.7 Å². The molecule has 0 spiro atoms. The third kappa shape index (κ3) is 2.25. The van der Waals surface area contributed by atoms with Crippen LogP contribution in [0.5, 0.6) is 0 Å². The standard InChI is InChI=1S/C19H19NOS/c1-20-9-6-13(7-10-20)18-15-5-3-2-4-14(15)12-17(21)19-16(18)8-11-22-19/h2-5,8,11H,6-7,9-10,12H2,1H3/i2D,3D,4D,5D,6D2,7D2,8D,9D2,10D2,11D,12D2. The molecule has 2 heterocycles. The lowest BCUT2D eigenvalue weighted by Gasteiger charge is -2.27. The zero-order valence-corrected chi connectivity index (χ0v) is 12.1. The van der Waals surface area contributed by atoms with Crippen LogP contribution in [0.4, 0.5) is 0 Å². The van der Waals surface area contributed by atoms with Gasteiger partial charge in [-0.05, 0) is 47.9 Å². The fraction of sp³-hybridized carbons (Fsp3) is 0.316. The minimum atomic E-state index is -3.46. The number of thiophene rings is 1. The highest BCUT2D eigenvalue weighted by atomic mass is 32.1. The van der Waals surface area contributed by atoms with Crippen LogP contribution >= 0.6 is 11.3 Å². The molecule has 0 atom stereocenters. The number of piperidine rings is 1. The quantitative estimate of drug-likeness (QED) is 0.729. The number of benzene rings is 1. The van der Waals surface area contributed by atoms with Crippen molar-refractivity contribution in [1.82, 2.24) is 4.90 Å². The number of carbonyl (C=O) groups excluding carboxylic acids is 1. The van der Waals surface area contributed by atoms with Crippen molar-refractivity contribution < 1.29 is 26.7 Å². The molecular weight excluding hydrogens is 290 g/mol. The van der Waals surface area contributed by atoms with Crippen LogP contribution in [0.2, 0.25) is 0 Å². The molecule has 0 N–H and O–H groups in total. The molecule has 1 aromatic heterocycles. The van der Waals surface area contributed by atoms with Gasteiger partial charge in [0.2, 0.25) is 0 Å². The van der Waals surface area contributed by atoms with E-state index >= 15 is 0 Å². The van der Waals surface area contributed by atoms with Gasteiger partial charge in [-0.3, -0.25) is 4.79 Å². The summed E-state index contributed by atoms with van der Waals surface area (Å²) < 4.78 is 135. The maximum Gasteiger partial charge on any atom is 0.177 e. The van der Waals surface area contributed by atoms with Crippen LogP contribution in [0, 0.1) is 0 Å². The second-order valence-electron chi connectivity index (χ2n) is 4.52. The second kappa shape index (κ2) is 5.49. The number of hydrogen-bond acceptors (Lipinski definition) is 3. The summed E-state index contributed by atoms with van der Waals surface area (Å²) >= 11 is 0.296. The Kier molecular flexibility index (Phi) is 1.22. The van der Waals surface area contributed by atoms with E-state index in [0.29, 0.717) is 11.3 Å². The molecule has 0 bridgehead atoms. The summed E-state index contributed by atoms with van der Waals surface area (Å²) in [4.78, 5) is 13.0. The predicted molar refractivity (Wildman–Crippen MR) is 91.5 cm³/mol. The first kappa shape index (κ1) is 4.89. The number of ketones is 1. The normalized spacial score (nSPS) is 40.9. The molecule has 1 saturated heterocycles. The maximum absolute atomic E-state index is 13.5. The number of hydrogen-bond donors (Lipinski definition) is 0. The first-order chi connectivity index (χ1) is 17.0. The smallest absolute Gasteiger partial charge is 0.177 e. The fourth-order valence-corrected chi connectivity index (χ4v) is 2.83. The molecule has 4 rings (SSSR count). The summed E-state index contributed by atoms with van der Waals surface area (Å²) in [5, 5.41) is -0.624. The van der Waals surface area contributed by atoms with Crippen molar-refractivity contribution in [3.8, 4) is 0 Å². The van der Waals surface area contributed by atoms with Gasteiger partial charge in [0.1, 0.15) is 0 Å². The topological polar surface area (TPSA) is 20.3 Å². The molecule has 2 aliphatic rings. The monoisotopic (exact) mass is 325 g/mol. The van der Waals surface area contributed by atoms with Crippen LogP contribution in [-0.2, 0) is 6.37 Å². The molecule has 1 aliphatic heterocycles. The minimum absolute atomic E-state index is 0.207. The van der Waals surface area contributed by atoms with E-state index in [1.54, 1.807) is 0 Å². The Morgan fingerprint density at radius 1 is 1.18 bits per heavy atom. The molecule has 2 nitrogen and oxygen atoms in total. The zero-order chi connectivity index (χ0) is 29.3. The number of rotatable bonds is 0. The molecule has 112 valence electrons. The summed E-state index contributed by atoms with van der Waals surface area (Å²) in [6.07, 6.45) is -10.2. The summed E-state index contributed by atoms with van der Waals surface area (Å²) in [6.45, 7) is -6.57. The zero-order valence-electron chi connectivity index (χ0n) is 27.3. The SMILES string of the molecule is [2H]c1sc2c(c1[2H])C(=C1C([2H])([2H])C([2H])([2H])N(C)C([2H])([2H])C1([2H])[2H])c1c([2H])c([2H])c([2H])c([2H])c1C([2H])([2H])C2=O. The van der Waals surface area contributed by atoms with Gasteiger partial charge in [-0.25, -0.2) is 0 Å². The number of carbonyl (C=O) groups is 1. The van der Waals surface area contributed by atoms with Gasteiger partial charge < -0.3 is 4.90 Å². The van der Waals surface area contributed by atoms with Crippen LogP contribution < -0.4 is 0 Å². The Balaban J connectivity index is 2.46.